The summed E-state index contributed by atoms with van der Waals surface area (Å²) in [6, 6.07) is 7.35. The summed E-state index contributed by atoms with van der Waals surface area (Å²) in [4.78, 5) is 11.7. The smallest absolute Gasteiger partial charge is 0.241 e. The maximum atomic E-state index is 11.7. The Balaban J connectivity index is 2.29. The summed E-state index contributed by atoms with van der Waals surface area (Å²) in [5.41, 5.74) is 0.836. The van der Waals surface area contributed by atoms with Gasteiger partial charge >= 0.3 is 0 Å². The molecule has 4 heteroatoms. The minimum atomic E-state index is -0.331. The summed E-state index contributed by atoms with van der Waals surface area (Å²) in [7, 11) is 0. The lowest BCUT2D eigenvalue weighted by Crippen LogP contribution is -2.52. The number of carbonyl (C=O) groups is 1. The number of rotatable bonds is 1. The van der Waals surface area contributed by atoms with E-state index < -0.39 is 0 Å². The average molecular weight is 225 g/mol. The Hall–Kier alpha value is -1.06. The molecule has 2 atom stereocenters. The number of carbonyl (C=O) groups excluding carboxylic acids is 1. The van der Waals surface area contributed by atoms with Crippen molar-refractivity contribution in [1.82, 2.24) is 10.6 Å². The molecule has 1 aromatic carbocycles. The lowest BCUT2D eigenvalue weighted by Gasteiger charge is -2.29. The quantitative estimate of drug-likeness (QED) is 0.759. The fraction of sp³-hybridized carbons (Fsp3) is 0.364. The van der Waals surface area contributed by atoms with Gasteiger partial charge in [0.2, 0.25) is 5.91 Å². The highest BCUT2D eigenvalue weighted by atomic mass is 35.5. The van der Waals surface area contributed by atoms with E-state index >= 15 is 0 Å². The molecule has 0 bridgehead atoms. The van der Waals surface area contributed by atoms with Crippen molar-refractivity contribution in [3.63, 3.8) is 0 Å². The lowest BCUT2D eigenvalue weighted by molar-refractivity contribution is -0.125. The second kappa shape index (κ2) is 4.21. The maximum absolute atomic E-state index is 11.7. The summed E-state index contributed by atoms with van der Waals surface area (Å²) in [6.07, 6.45) is 0. The first-order valence-electron chi connectivity index (χ1n) is 4.96. The van der Waals surface area contributed by atoms with Crippen molar-refractivity contribution in [1.29, 1.82) is 0 Å². The highest BCUT2D eigenvalue weighted by molar-refractivity contribution is 6.31. The van der Waals surface area contributed by atoms with E-state index in [2.05, 4.69) is 10.6 Å². The van der Waals surface area contributed by atoms with Gasteiger partial charge < -0.3 is 5.32 Å². The molecular weight excluding hydrogens is 212 g/mol. The normalized spacial score (nSPS) is 26.1. The topological polar surface area (TPSA) is 41.1 Å². The predicted octanol–water partition coefficient (Wildman–Crippen LogP) is 1.49. The van der Waals surface area contributed by atoms with E-state index in [-0.39, 0.29) is 18.0 Å². The molecule has 0 aliphatic carbocycles. The highest BCUT2D eigenvalue weighted by Gasteiger charge is 2.27. The number of halogens is 1. The Bertz CT molecular complexity index is 381. The number of hydrogen-bond acceptors (Lipinski definition) is 2. The molecule has 1 aliphatic rings. The zero-order valence-corrected chi connectivity index (χ0v) is 9.21. The van der Waals surface area contributed by atoms with Crippen LogP contribution >= 0.6 is 11.6 Å². The van der Waals surface area contributed by atoms with E-state index in [4.69, 9.17) is 11.6 Å². The minimum Gasteiger partial charge on any atom is -0.353 e. The molecule has 1 aromatic rings. The fourth-order valence-corrected chi connectivity index (χ4v) is 1.96. The maximum Gasteiger partial charge on any atom is 0.241 e. The predicted molar refractivity (Wildman–Crippen MR) is 59.8 cm³/mol. The molecule has 0 saturated carbocycles. The van der Waals surface area contributed by atoms with E-state index in [1.54, 1.807) is 6.07 Å². The summed E-state index contributed by atoms with van der Waals surface area (Å²) >= 11 is 6.05. The van der Waals surface area contributed by atoms with Crippen molar-refractivity contribution < 1.29 is 4.79 Å². The van der Waals surface area contributed by atoms with Gasteiger partial charge in [0.15, 0.2) is 0 Å². The summed E-state index contributed by atoms with van der Waals surface area (Å²) in [5.74, 6) is -0.0128. The number of benzene rings is 1. The molecule has 1 amide bonds. The van der Waals surface area contributed by atoms with Crippen molar-refractivity contribution in [2.45, 2.75) is 19.0 Å². The van der Waals surface area contributed by atoms with Gasteiger partial charge in [-0.1, -0.05) is 29.8 Å². The van der Waals surface area contributed by atoms with Crippen LogP contribution in [0.25, 0.3) is 0 Å². The van der Waals surface area contributed by atoms with Crippen molar-refractivity contribution in [2.75, 3.05) is 6.54 Å². The van der Waals surface area contributed by atoms with Gasteiger partial charge in [0.05, 0.1) is 0 Å². The molecule has 0 aromatic heterocycles. The van der Waals surface area contributed by atoms with Crippen molar-refractivity contribution in [3.05, 3.63) is 34.9 Å². The highest BCUT2D eigenvalue weighted by Crippen LogP contribution is 2.24. The summed E-state index contributed by atoms with van der Waals surface area (Å²) < 4.78 is 0. The second-order valence-corrected chi connectivity index (χ2v) is 4.17. The molecule has 2 unspecified atom stereocenters. The van der Waals surface area contributed by atoms with Crippen LogP contribution in [0.5, 0.6) is 0 Å². The molecule has 3 nitrogen and oxygen atoms in total. The summed E-state index contributed by atoms with van der Waals surface area (Å²) in [6.45, 7) is 2.70. The first-order chi connectivity index (χ1) is 7.18. The minimum absolute atomic E-state index is 0.0128. The van der Waals surface area contributed by atoms with Gasteiger partial charge in [-0.2, -0.15) is 0 Å². The van der Waals surface area contributed by atoms with Crippen LogP contribution in [0, 0.1) is 0 Å². The van der Waals surface area contributed by atoms with Crippen LogP contribution in [0.1, 0.15) is 18.5 Å². The van der Waals surface area contributed by atoms with E-state index in [0.29, 0.717) is 11.6 Å². The average Bonchev–Trinajstić information content (AvgIpc) is 2.23. The summed E-state index contributed by atoms with van der Waals surface area (Å²) in [5, 5.41) is 6.70. The third-order valence-corrected chi connectivity index (χ3v) is 2.86. The molecule has 0 radical (unpaired) electrons. The monoisotopic (exact) mass is 224 g/mol. The molecule has 2 rings (SSSR count). The van der Waals surface area contributed by atoms with E-state index in [1.165, 1.54) is 0 Å². The molecule has 1 fully saturated rings. The molecule has 1 heterocycles. The third-order valence-electron chi connectivity index (χ3n) is 2.51. The Morgan fingerprint density at radius 3 is 2.87 bits per heavy atom. The van der Waals surface area contributed by atoms with Gasteiger partial charge in [0.1, 0.15) is 6.04 Å². The van der Waals surface area contributed by atoms with Gasteiger partial charge in [-0.25, -0.2) is 0 Å². The fourth-order valence-electron chi connectivity index (χ4n) is 1.72. The molecule has 0 spiro atoms. The molecule has 1 saturated heterocycles. The van der Waals surface area contributed by atoms with Crippen LogP contribution in [-0.2, 0) is 4.79 Å². The zero-order chi connectivity index (χ0) is 10.8. The molecule has 80 valence electrons. The van der Waals surface area contributed by atoms with Crippen LogP contribution in [0.4, 0.5) is 0 Å². The number of piperazine rings is 1. The SMILES string of the molecule is CC1CNC(=O)C(c2ccccc2Cl)N1. The molecule has 1 aliphatic heterocycles. The number of amides is 1. The van der Waals surface area contributed by atoms with E-state index in [1.807, 2.05) is 25.1 Å². The van der Waals surface area contributed by atoms with Crippen LogP contribution in [0.2, 0.25) is 5.02 Å². The van der Waals surface area contributed by atoms with Crippen molar-refractivity contribution in [2.24, 2.45) is 0 Å². The first-order valence-corrected chi connectivity index (χ1v) is 5.34. The van der Waals surface area contributed by atoms with Crippen molar-refractivity contribution >= 4 is 17.5 Å². The van der Waals surface area contributed by atoms with Gasteiger partial charge in [0, 0.05) is 17.6 Å². The van der Waals surface area contributed by atoms with E-state index in [0.717, 1.165) is 5.56 Å². The molecule has 2 N–H and O–H groups in total. The molecular formula is C11H13ClN2O. The van der Waals surface area contributed by atoms with Gasteiger partial charge in [-0.3, -0.25) is 10.1 Å². The Kier molecular flexibility index (Phi) is 2.93. The zero-order valence-electron chi connectivity index (χ0n) is 8.46. The van der Waals surface area contributed by atoms with Gasteiger partial charge in [-0.15, -0.1) is 0 Å². The van der Waals surface area contributed by atoms with Crippen LogP contribution in [0.3, 0.4) is 0 Å². The number of hydrogen-bond donors (Lipinski definition) is 2. The Labute approximate surface area is 93.8 Å². The van der Waals surface area contributed by atoms with Crippen LogP contribution in [-0.4, -0.2) is 18.5 Å². The Morgan fingerprint density at radius 2 is 2.13 bits per heavy atom. The van der Waals surface area contributed by atoms with Gasteiger partial charge in [-0.05, 0) is 18.6 Å². The third kappa shape index (κ3) is 2.13. The largest absolute Gasteiger partial charge is 0.353 e. The van der Waals surface area contributed by atoms with Crippen LogP contribution < -0.4 is 10.6 Å². The van der Waals surface area contributed by atoms with Crippen molar-refractivity contribution in [3.8, 4) is 0 Å². The first kappa shape index (κ1) is 10.5. The van der Waals surface area contributed by atoms with Crippen LogP contribution in [0.15, 0.2) is 24.3 Å². The lowest BCUT2D eigenvalue weighted by atomic mass is 10.0. The standard InChI is InChI=1S/C11H13ClN2O/c1-7-6-13-11(15)10(14-7)8-4-2-3-5-9(8)12/h2-5,7,10,14H,6H2,1H3,(H,13,15). The number of nitrogens with one attached hydrogen (secondary N) is 2. The van der Waals surface area contributed by atoms with Gasteiger partial charge in [0.25, 0.3) is 0 Å². The Morgan fingerprint density at radius 1 is 1.40 bits per heavy atom. The van der Waals surface area contributed by atoms with E-state index in [9.17, 15) is 4.79 Å². The second-order valence-electron chi connectivity index (χ2n) is 3.77. The molecule has 15 heavy (non-hydrogen) atoms.